The molecule has 2 heterocycles. The van der Waals surface area contributed by atoms with Gasteiger partial charge in [-0.25, -0.2) is 0 Å². The van der Waals surface area contributed by atoms with Crippen LogP contribution in [0.5, 0.6) is 0 Å². The van der Waals surface area contributed by atoms with E-state index >= 15 is 0 Å². The number of H-pyrrole nitrogens is 1. The average molecular weight is 189 g/mol. The molecular weight excluding hydrogens is 174 g/mol. The van der Waals surface area contributed by atoms with Gasteiger partial charge in [-0.3, -0.25) is 4.98 Å². The van der Waals surface area contributed by atoms with Gasteiger partial charge in [0.25, 0.3) is 0 Å². The third kappa shape index (κ3) is 3.76. The van der Waals surface area contributed by atoms with Crippen LogP contribution in [0.4, 0.5) is 5.69 Å². The first-order valence-electron chi connectivity index (χ1n) is 4.46. The van der Waals surface area contributed by atoms with E-state index in [2.05, 4.69) is 9.97 Å². The lowest BCUT2D eigenvalue weighted by molar-refractivity contribution is 1.12. The highest BCUT2D eigenvalue weighted by Crippen LogP contribution is 2.05. The summed E-state index contributed by atoms with van der Waals surface area (Å²) in [4.78, 5) is 8.81. The zero-order valence-corrected chi connectivity index (χ0v) is 8.51. The first kappa shape index (κ1) is 10.3. The summed E-state index contributed by atoms with van der Waals surface area (Å²) in [5.74, 6) is 0. The molecule has 0 bridgehead atoms. The van der Waals surface area contributed by atoms with E-state index in [4.69, 9.17) is 0 Å². The van der Waals surface area contributed by atoms with Crippen LogP contribution in [0.25, 0.3) is 0 Å². The number of pyridine rings is 1. The lowest BCUT2D eigenvalue weighted by atomic mass is 10.4. The van der Waals surface area contributed by atoms with Crippen molar-refractivity contribution >= 4 is 5.69 Å². The summed E-state index contributed by atoms with van der Waals surface area (Å²) in [5.41, 5.74) is 1.19. The van der Waals surface area contributed by atoms with E-state index in [9.17, 15) is 0 Å². The SMILES string of the molecule is CN(C)c1ccncc1.c1cc[nH]c1. The summed E-state index contributed by atoms with van der Waals surface area (Å²) >= 11 is 0. The summed E-state index contributed by atoms with van der Waals surface area (Å²) in [5, 5.41) is 0. The molecule has 2 aromatic heterocycles. The number of hydrogen-bond acceptors (Lipinski definition) is 2. The topological polar surface area (TPSA) is 31.9 Å². The molecular formula is C11H15N3. The van der Waals surface area contributed by atoms with Gasteiger partial charge in [-0.15, -0.1) is 0 Å². The van der Waals surface area contributed by atoms with Crippen molar-refractivity contribution in [1.82, 2.24) is 9.97 Å². The lowest BCUT2D eigenvalue weighted by Gasteiger charge is -2.10. The molecule has 2 aromatic rings. The average Bonchev–Trinajstić information content (AvgIpc) is 2.77. The van der Waals surface area contributed by atoms with Crippen molar-refractivity contribution in [1.29, 1.82) is 0 Å². The Morgan fingerprint density at radius 1 is 1.07 bits per heavy atom. The van der Waals surface area contributed by atoms with Crippen molar-refractivity contribution < 1.29 is 0 Å². The summed E-state index contributed by atoms with van der Waals surface area (Å²) in [6, 6.07) is 7.83. The largest absolute Gasteiger partial charge is 0.378 e. The first-order valence-corrected chi connectivity index (χ1v) is 4.46. The molecule has 0 atom stereocenters. The highest BCUT2D eigenvalue weighted by Gasteiger charge is 1.88. The highest BCUT2D eigenvalue weighted by atomic mass is 15.1. The van der Waals surface area contributed by atoms with Crippen LogP contribution in [0, 0.1) is 0 Å². The number of anilines is 1. The smallest absolute Gasteiger partial charge is 0.0391 e. The Bertz CT molecular complexity index is 296. The van der Waals surface area contributed by atoms with Crippen LogP contribution in [0.3, 0.4) is 0 Å². The molecule has 1 N–H and O–H groups in total. The van der Waals surface area contributed by atoms with E-state index in [0.717, 1.165) is 0 Å². The number of rotatable bonds is 1. The third-order valence-electron chi connectivity index (χ3n) is 1.68. The molecule has 2 rings (SSSR count). The van der Waals surface area contributed by atoms with Gasteiger partial charge in [-0.2, -0.15) is 0 Å². The van der Waals surface area contributed by atoms with Crippen molar-refractivity contribution in [3.8, 4) is 0 Å². The summed E-state index contributed by atoms with van der Waals surface area (Å²) in [7, 11) is 4.02. The molecule has 0 aromatic carbocycles. The zero-order valence-electron chi connectivity index (χ0n) is 8.51. The maximum atomic E-state index is 3.90. The van der Waals surface area contributed by atoms with E-state index in [1.54, 1.807) is 12.4 Å². The summed E-state index contributed by atoms with van der Waals surface area (Å²) < 4.78 is 0. The van der Waals surface area contributed by atoms with Crippen LogP contribution < -0.4 is 4.90 Å². The minimum absolute atomic E-state index is 1.19. The van der Waals surface area contributed by atoms with Gasteiger partial charge in [0.2, 0.25) is 0 Å². The molecule has 0 saturated carbocycles. The van der Waals surface area contributed by atoms with Gasteiger partial charge in [0.1, 0.15) is 0 Å². The van der Waals surface area contributed by atoms with Gasteiger partial charge in [-0.1, -0.05) is 0 Å². The molecule has 74 valence electrons. The maximum absolute atomic E-state index is 3.90. The molecule has 0 spiro atoms. The van der Waals surface area contributed by atoms with Gasteiger partial charge in [0.15, 0.2) is 0 Å². The minimum Gasteiger partial charge on any atom is -0.378 e. The number of hydrogen-bond donors (Lipinski definition) is 1. The second-order valence-electron chi connectivity index (χ2n) is 2.98. The molecule has 14 heavy (non-hydrogen) atoms. The molecule has 3 nitrogen and oxygen atoms in total. The second-order valence-corrected chi connectivity index (χ2v) is 2.98. The number of nitrogens with one attached hydrogen (secondary N) is 1. The van der Waals surface area contributed by atoms with Crippen molar-refractivity contribution in [2.75, 3.05) is 19.0 Å². The molecule has 0 aliphatic rings. The Morgan fingerprint density at radius 3 is 1.93 bits per heavy atom. The van der Waals surface area contributed by atoms with Gasteiger partial charge in [0, 0.05) is 44.6 Å². The van der Waals surface area contributed by atoms with E-state index in [0.29, 0.717) is 0 Å². The van der Waals surface area contributed by atoms with Crippen molar-refractivity contribution in [3.05, 3.63) is 49.1 Å². The van der Waals surface area contributed by atoms with Crippen LogP contribution in [0.15, 0.2) is 49.1 Å². The van der Waals surface area contributed by atoms with Crippen LogP contribution >= 0.6 is 0 Å². The lowest BCUT2D eigenvalue weighted by Crippen LogP contribution is -2.07. The van der Waals surface area contributed by atoms with Gasteiger partial charge in [0.05, 0.1) is 0 Å². The quantitative estimate of drug-likeness (QED) is 0.745. The van der Waals surface area contributed by atoms with Crippen molar-refractivity contribution in [2.24, 2.45) is 0 Å². The molecule has 0 radical (unpaired) electrons. The first-order chi connectivity index (χ1) is 6.80. The van der Waals surface area contributed by atoms with E-state index in [1.165, 1.54) is 5.69 Å². The van der Waals surface area contributed by atoms with Gasteiger partial charge in [-0.05, 0) is 24.3 Å². The van der Waals surface area contributed by atoms with E-state index < -0.39 is 0 Å². The maximum Gasteiger partial charge on any atom is 0.0391 e. The Balaban J connectivity index is 0.000000165. The fraction of sp³-hybridized carbons (Fsp3) is 0.182. The van der Waals surface area contributed by atoms with Gasteiger partial charge >= 0.3 is 0 Å². The monoisotopic (exact) mass is 189 g/mol. The predicted octanol–water partition coefficient (Wildman–Crippen LogP) is 2.16. The highest BCUT2D eigenvalue weighted by molar-refractivity contribution is 5.42. The van der Waals surface area contributed by atoms with Crippen molar-refractivity contribution in [2.45, 2.75) is 0 Å². The van der Waals surface area contributed by atoms with Gasteiger partial charge < -0.3 is 9.88 Å². The van der Waals surface area contributed by atoms with E-state index in [1.807, 2.05) is 55.7 Å². The number of nitrogens with zero attached hydrogens (tertiary/aromatic N) is 2. The number of aromatic nitrogens is 2. The molecule has 3 heteroatoms. The molecule has 0 aliphatic carbocycles. The Kier molecular flexibility index (Phi) is 4.27. The minimum atomic E-state index is 1.19. The van der Waals surface area contributed by atoms with Crippen molar-refractivity contribution in [3.63, 3.8) is 0 Å². The molecule has 0 fully saturated rings. The fourth-order valence-corrected chi connectivity index (χ4v) is 0.920. The Labute approximate surface area is 84.4 Å². The molecule has 0 amide bonds. The van der Waals surface area contributed by atoms with Crippen LogP contribution in [0.2, 0.25) is 0 Å². The fourth-order valence-electron chi connectivity index (χ4n) is 0.920. The third-order valence-corrected chi connectivity index (χ3v) is 1.68. The zero-order chi connectivity index (χ0) is 10.2. The summed E-state index contributed by atoms with van der Waals surface area (Å²) in [6.07, 6.45) is 7.32. The van der Waals surface area contributed by atoms with Crippen LogP contribution in [-0.2, 0) is 0 Å². The van der Waals surface area contributed by atoms with Crippen LogP contribution in [-0.4, -0.2) is 24.1 Å². The molecule has 0 aliphatic heterocycles. The Hall–Kier alpha value is -1.77. The van der Waals surface area contributed by atoms with Crippen LogP contribution in [0.1, 0.15) is 0 Å². The predicted molar refractivity (Wildman–Crippen MR) is 59.4 cm³/mol. The molecule has 0 saturated heterocycles. The molecule has 0 unspecified atom stereocenters. The normalized spacial score (nSPS) is 8.71. The number of aromatic amines is 1. The standard InChI is InChI=1S/C7H10N2.C4H5N/c1-9(2)7-3-5-8-6-4-7;1-2-4-5-3-1/h3-6H,1-2H3;1-5H. The second kappa shape index (κ2) is 5.80. The van der Waals surface area contributed by atoms with E-state index in [-0.39, 0.29) is 0 Å². The Morgan fingerprint density at radius 2 is 1.64 bits per heavy atom. The summed E-state index contributed by atoms with van der Waals surface area (Å²) in [6.45, 7) is 0.